The number of benzene rings is 3. The van der Waals surface area contributed by atoms with Gasteiger partial charge in [0, 0.05) is 43.8 Å². The lowest BCUT2D eigenvalue weighted by molar-refractivity contribution is 0.0997. The Morgan fingerprint density at radius 2 is 1.79 bits per heavy atom. The lowest BCUT2D eigenvalue weighted by Crippen LogP contribution is -2.47. The number of aryl methyl sites for hydroxylation is 1. The number of nitrogens with zero attached hydrogens (tertiary/aromatic N) is 3. The van der Waals surface area contributed by atoms with Crippen LogP contribution in [0.4, 0.5) is 10.5 Å². The average molecular weight is 585 g/mol. The van der Waals surface area contributed by atoms with Gasteiger partial charge in [0.05, 0.1) is 16.8 Å². The molecule has 0 aliphatic carbocycles. The van der Waals surface area contributed by atoms with Gasteiger partial charge >= 0.3 is 6.09 Å². The number of H-pyrrole nitrogens is 1. The Hall–Kier alpha value is -4.57. The predicted octanol–water partition coefficient (Wildman–Crippen LogP) is 4.98. The van der Waals surface area contributed by atoms with Crippen LogP contribution < -0.4 is 25.4 Å². The number of hydrogen-bond acceptors (Lipinski definition) is 7. The maximum Gasteiger partial charge on any atom is 0.413 e. The van der Waals surface area contributed by atoms with E-state index in [0.717, 1.165) is 67.3 Å². The van der Waals surface area contributed by atoms with Crippen molar-refractivity contribution < 1.29 is 19.1 Å². The van der Waals surface area contributed by atoms with Gasteiger partial charge in [-0.15, -0.1) is 0 Å². The fraction of sp³-hybridized carbons (Fsp3) is 0.364. The molecular weight excluding hydrogens is 544 g/mol. The van der Waals surface area contributed by atoms with Gasteiger partial charge in [0.2, 0.25) is 0 Å². The summed E-state index contributed by atoms with van der Waals surface area (Å²) < 4.78 is 11.3. The van der Waals surface area contributed by atoms with Crippen LogP contribution in [0, 0.1) is 0 Å². The SMILES string of the molecule is CCc1cccc(-c2nc3c(N4CCN(CCOc5ccc(OC(=O)NC(C)(C)C)c(C(N)=O)c5)CC4)cccc3[nH]2)c1. The second-order valence-corrected chi connectivity index (χ2v) is 11.8. The molecule has 1 aliphatic heterocycles. The summed E-state index contributed by atoms with van der Waals surface area (Å²) in [5.41, 5.74) is 10.7. The number of rotatable bonds is 9. The molecule has 5 rings (SSSR count). The van der Waals surface area contributed by atoms with E-state index in [0.29, 0.717) is 12.4 Å². The van der Waals surface area contributed by atoms with Gasteiger partial charge in [-0.3, -0.25) is 9.69 Å². The summed E-state index contributed by atoms with van der Waals surface area (Å²) in [4.78, 5) is 37.4. The highest BCUT2D eigenvalue weighted by molar-refractivity contribution is 5.97. The molecule has 0 radical (unpaired) electrons. The van der Waals surface area contributed by atoms with Crippen molar-refractivity contribution in [2.75, 3.05) is 44.2 Å². The van der Waals surface area contributed by atoms with E-state index in [-0.39, 0.29) is 11.3 Å². The molecule has 3 aromatic carbocycles. The molecule has 10 heteroatoms. The monoisotopic (exact) mass is 584 g/mol. The van der Waals surface area contributed by atoms with Crippen molar-refractivity contribution in [2.24, 2.45) is 5.73 Å². The molecule has 0 saturated carbocycles. The summed E-state index contributed by atoms with van der Waals surface area (Å²) in [6, 6.07) is 19.5. The molecule has 2 amide bonds. The number of primary amides is 1. The van der Waals surface area contributed by atoms with Crippen molar-refractivity contribution in [1.82, 2.24) is 20.2 Å². The smallest absolute Gasteiger partial charge is 0.413 e. The minimum atomic E-state index is -0.700. The van der Waals surface area contributed by atoms with Gasteiger partial charge < -0.3 is 30.4 Å². The number of nitrogens with one attached hydrogen (secondary N) is 2. The second kappa shape index (κ2) is 12.7. The minimum Gasteiger partial charge on any atom is -0.492 e. The van der Waals surface area contributed by atoms with Crippen LogP contribution in [0.3, 0.4) is 0 Å². The lowest BCUT2D eigenvalue weighted by atomic mass is 10.1. The number of hydrogen-bond donors (Lipinski definition) is 3. The molecule has 0 spiro atoms. The van der Waals surface area contributed by atoms with Crippen molar-refractivity contribution in [1.29, 1.82) is 0 Å². The maximum absolute atomic E-state index is 12.2. The number of anilines is 1. The molecule has 1 aromatic heterocycles. The van der Waals surface area contributed by atoms with Gasteiger partial charge in [-0.1, -0.05) is 31.2 Å². The number of piperazine rings is 1. The van der Waals surface area contributed by atoms with E-state index in [1.807, 2.05) is 20.8 Å². The normalized spacial score (nSPS) is 14.1. The van der Waals surface area contributed by atoms with E-state index in [4.69, 9.17) is 20.2 Å². The predicted molar refractivity (Wildman–Crippen MR) is 169 cm³/mol. The standard InChI is InChI=1S/C33H40N6O4/c1-5-22-8-6-9-23(20-22)31-35-26-10-7-11-27(29(26)36-31)39-16-14-38(15-17-39)18-19-42-24-12-13-28(25(21-24)30(34)40)43-32(41)37-33(2,3)4/h6-13,20-21H,5,14-19H2,1-4H3,(H2,34,40)(H,35,36)(H,37,41). The summed E-state index contributed by atoms with van der Waals surface area (Å²) >= 11 is 0. The third-order valence-electron chi connectivity index (χ3n) is 7.39. The number of para-hydroxylation sites is 1. The van der Waals surface area contributed by atoms with Crippen molar-refractivity contribution >= 4 is 28.7 Å². The number of carbonyl (C=O) groups is 2. The average Bonchev–Trinajstić information content (AvgIpc) is 3.42. The van der Waals surface area contributed by atoms with E-state index in [2.05, 4.69) is 69.5 Å². The number of ether oxygens (including phenoxy) is 2. The summed E-state index contributed by atoms with van der Waals surface area (Å²) in [5.74, 6) is 0.766. The van der Waals surface area contributed by atoms with E-state index >= 15 is 0 Å². The number of aromatic nitrogens is 2. The molecule has 1 saturated heterocycles. The Morgan fingerprint density at radius 3 is 2.51 bits per heavy atom. The minimum absolute atomic E-state index is 0.0870. The fourth-order valence-corrected chi connectivity index (χ4v) is 5.16. The van der Waals surface area contributed by atoms with Crippen molar-refractivity contribution in [3.8, 4) is 22.9 Å². The first-order valence-electron chi connectivity index (χ1n) is 14.7. The third kappa shape index (κ3) is 7.45. The zero-order valence-electron chi connectivity index (χ0n) is 25.3. The van der Waals surface area contributed by atoms with Crippen LogP contribution in [0.15, 0.2) is 60.7 Å². The molecule has 226 valence electrons. The first-order chi connectivity index (χ1) is 20.6. The van der Waals surface area contributed by atoms with Crippen molar-refractivity contribution in [2.45, 2.75) is 39.7 Å². The summed E-state index contributed by atoms with van der Waals surface area (Å²) in [6.45, 7) is 12.4. The van der Waals surface area contributed by atoms with Crippen LogP contribution in [-0.4, -0.2) is 71.7 Å². The maximum atomic E-state index is 12.2. The first kappa shape index (κ1) is 29.9. The van der Waals surface area contributed by atoms with Crippen molar-refractivity contribution in [3.63, 3.8) is 0 Å². The lowest BCUT2D eigenvalue weighted by Gasteiger charge is -2.36. The molecule has 1 aliphatic rings. The largest absolute Gasteiger partial charge is 0.492 e. The molecule has 0 unspecified atom stereocenters. The van der Waals surface area contributed by atoms with E-state index in [1.54, 1.807) is 6.07 Å². The quantitative estimate of drug-likeness (QED) is 0.253. The zero-order valence-corrected chi connectivity index (χ0v) is 25.3. The number of nitrogens with two attached hydrogens (primary N) is 1. The van der Waals surface area contributed by atoms with E-state index in [1.165, 1.54) is 17.7 Å². The molecule has 2 heterocycles. The number of fused-ring (bicyclic) bond motifs is 1. The Kier molecular flexibility index (Phi) is 8.86. The number of aromatic amines is 1. The van der Waals surface area contributed by atoms with Crippen LogP contribution in [-0.2, 0) is 6.42 Å². The van der Waals surface area contributed by atoms with Gasteiger partial charge in [0.1, 0.15) is 29.4 Å². The highest BCUT2D eigenvalue weighted by Gasteiger charge is 2.21. The van der Waals surface area contributed by atoms with Gasteiger partial charge in [0.15, 0.2) is 0 Å². The molecule has 4 N–H and O–H groups in total. The van der Waals surface area contributed by atoms with Crippen molar-refractivity contribution in [3.05, 3.63) is 71.8 Å². The molecule has 43 heavy (non-hydrogen) atoms. The number of carbonyl (C=O) groups excluding carboxylic acids is 2. The topological polar surface area (TPSA) is 126 Å². The van der Waals surface area contributed by atoms with Crippen LogP contribution in [0.2, 0.25) is 0 Å². The summed E-state index contributed by atoms with van der Waals surface area (Å²) in [7, 11) is 0. The first-order valence-corrected chi connectivity index (χ1v) is 14.7. The van der Waals surface area contributed by atoms with E-state index in [9.17, 15) is 9.59 Å². The Labute approximate surface area is 252 Å². The second-order valence-electron chi connectivity index (χ2n) is 11.8. The number of amides is 2. The van der Waals surface area contributed by atoms with Crippen LogP contribution >= 0.6 is 0 Å². The molecule has 4 aromatic rings. The van der Waals surface area contributed by atoms with Gasteiger partial charge in [0.25, 0.3) is 5.91 Å². The molecule has 1 fully saturated rings. The van der Waals surface area contributed by atoms with Crippen LogP contribution in [0.25, 0.3) is 22.4 Å². The Morgan fingerprint density at radius 1 is 1.02 bits per heavy atom. The Bertz CT molecular complexity index is 1600. The van der Waals surface area contributed by atoms with E-state index < -0.39 is 17.5 Å². The zero-order chi connectivity index (χ0) is 30.6. The third-order valence-corrected chi connectivity index (χ3v) is 7.39. The highest BCUT2D eigenvalue weighted by Crippen LogP contribution is 2.30. The molecule has 0 bridgehead atoms. The fourth-order valence-electron chi connectivity index (χ4n) is 5.16. The van der Waals surface area contributed by atoms with Gasteiger partial charge in [-0.05, 0) is 69.2 Å². The molecule has 10 nitrogen and oxygen atoms in total. The molecular formula is C33H40N6O4. The number of imidazole rings is 1. The molecule has 0 atom stereocenters. The Balaban J connectivity index is 1.16. The highest BCUT2D eigenvalue weighted by atomic mass is 16.6. The van der Waals surface area contributed by atoms with Gasteiger partial charge in [-0.2, -0.15) is 0 Å². The van der Waals surface area contributed by atoms with Crippen LogP contribution in [0.5, 0.6) is 11.5 Å². The summed E-state index contributed by atoms with van der Waals surface area (Å²) in [6.07, 6.45) is 0.330. The summed E-state index contributed by atoms with van der Waals surface area (Å²) in [5, 5.41) is 2.69. The van der Waals surface area contributed by atoms with Crippen LogP contribution in [0.1, 0.15) is 43.6 Å². The van der Waals surface area contributed by atoms with Gasteiger partial charge in [-0.25, -0.2) is 9.78 Å².